The summed E-state index contributed by atoms with van der Waals surface area (Å²) >= 11 is 0. The van der Waals surface area contributed by atoms with E-state index in [9.17, 15) is 27.2 Å². The Hall–Kier alpha value is -2.96. The van der Waals surface area contributed by atoms with Crippen LogP contribution < -0.4 is 4.90 Å². The molecule has 2 aromatic carbocycles. The van der Waals surface area contributed by atoms with Gasteiger partial charge in [0.2, 0.25) is 5.91 Å². The highest BCUT2D eigenvalue weighted by Gasteiger charge is 2.43. The Bertz CT molecular complexity index is 1030. The van der Waals surface area contributed by atoms with Gasteiger partial charge in [-0.1, -0.05) is 30.3 Å². The number of para-hydroxylation sites is 1. The number of hydrogen-bond donors (Lipinski definition) is 0. The average Bonchev–Trinajstić information content (AvgIpc) is 2.68. The third-order valence-corrected chi connectivity index (χ3v) is 5.41. The van der Waals surface area contributed by atoms with E-state index >= 15 is 0 Å². The Morgan fingerprint density at radius 3 is 2.34 bits per heavy atom. The first-order chi connectivity index (χ1) is 13.8. The number of rotatable bonds is 2. The summed E-state index contributed by atoms with van der Waals surface area (Å²) in [5.74, 6) is -2.43. The number of hydrogen-bond acceptors (Lipinski definition) is 2. The van der Waals surface area contributed by atoms with Gasteiger partial charge in [-0.3, -0.25) is 14.5 Å². The van der Waals surface area contributed by atoms with Crippen molar-refractivity contribution in [1.82, 2.24) is 0 Å². The molecule has 0 saturated carbocycles. The fourth-order valence-electron chi connectivity index (χ4n) is 4.23. The SMILES string of the molecule is O=C1CCCC2=C1C(c1ccccc1C(F)(F)F)CC(=O)N2c1ccccc1F. The summed E-state index contributed by atoms with van der Waals surface area (Å²) in [6, 6.07) is 10.7. The van der Waals surface area contributed by atoms with Crippen LogP contribution in [0, 0.1) is 5.82 Å². The number of nitrogens with zero attached hydrogens (tertiary/aromatic N) is 1. The van der Waals surface area contributed by atoms with Gasteiger partial charge < -0.3 is 0 Å². The van der Waals surface area contributed by atoms with Crippen molar-refractivity contribution in [2.45, 2.75) is 37.8 Å². The number of amides is 1. The molecule has 2 aliphatic rings. The number of ketones is 1. The van der Waals surface area contributed by atoms with Gasteiger partial charge in [0.25, 0.3) is 0 Å². The van der Waals surface area contributed by atoms with E-state index in [1.54, 1.807) is 6.07 Å². The third-order valence-electron chi connectivity index (χ3n) is 5.41. The summed E-state index contributed by atoms with van der Waals surface area (Å²) < 4.78 is 55.1. The second-order valence-corrected chi connectivity index (χ2v) is 7.16. The highest BCUT2D eigenvalue weighted by atomic mass is 19.4. The van der Waals surface area contributed by atoms with Crippen molar-refractivity contribution in [3.63, 3.8) is 0 Å². The number of anilines is 1. The molecule has 0 N–H and O–H groups in total. The zero-order valence-corrected chi connectivity index (χ0v) is 15.3. The van der Waals surface area contributed by atoms with Crippen molar-refractivity contribution in [3.8, 4) is 0 Å². The monoisotopic (exact) mass is 403 g/mol. The maximum Gasteiger partial charge on any atom is 0.416 e. The Kier molecular flexibility index (Phi) is 4.76. The van der Waals surface area contributed by atoms with Gasteiger partial charge in [-0.25, -0.2) is 4.39 Å². The molecule has 0 aromatic heterocycles. The van der Waals surface area contributed by atoms with Crippen molar-refractivity contribution in [3.05, 3.63) is 76.7 Å². The average molecular weight is 403 g/mol. The predicted molar refractivity (Wildman–Crippen MR) is 98.6 cm³/mol. The third kappa shape index (κ3) is 3.34. The van der Waals surface area contributed by atoms with Gasteiger partial charge in [-0.05, 0) is 36.6 Å². The van der Waals surface area contributed by atoms with Crippen LogP contribution in [0.5, 0.6) is 0 Å². The topological polar surface area (TPSA) is 37.4 Å². The van der Waals surface area contributed by atoms with Gasteiger partial charge in [0, 0.05) is 30.0 Å². The van der Waals surface area contributed by atoms with E-state index in [1.165, 1.54) is 41.3 Å². The van der Waals surface area contributed by atoms with E-state index in [1.807, 2.05) is 0 Å². The Balaban J connectivity index is 1.92. The predicted octanol–water partition coefficient (Wildman–Crippen LogP) is 5.37. The summed E-state index contributed by atoms with van der Waals surface area (Å²) in [5, 5.41) is 0. The van der Waals surface area contributed by atoms with Crippen LogP contribution in [0.3, 0.4) is 0 Å². The van der Waals surface area contributed by atoms with E-state index in [0.29, 0.717) is 18.5 Å². The Morgan fingerprint density at radius 2 is 1.62 bits per heavy atom. The van der Waals surface area contributed by atoms with Crippen molar-refractivity contribution >= 4 is 17.4 Å². The molecule has 1 atom stereocenters. The van der Waals surface area contributed by atoms with Crippen LogP contribution in [0.1, 0.15) is 42.7 Å². The number of halogens is 4. The molecular weight excluding hydrogens is 386 g/mol. The van der Waals surface area contributed by atoms with E-state index in [-0.39, 0.29) is 35.4 Å². The number of carbonyl (C=O) groups is 2. The molecule has 0 bridgehead atoms. The molecule has 0 spiro atoms. The molecule has 3 nitrogen and oxygen atoms in total. The first kappa shape index (κ1) is 19.4. The summed E-state index contributed by atoms with van der Waals surface area (Å²) in [6.45, 7) is 0. The maximum atomic E-state index is 14.4. The standard InChI is InChI=1S/C22H17F4NO2/c23-16-8-3-4-9-17(16)27-18-10-5-11-19(28)21(18)14(12-20(27)29)13-6-1-2-7-15(13)22(24,25)26/h1-4,6-9,14H,5,10-12H2. The fraction of sp³-hybridized carbons (Fsp3) is 0.273. The van der Waals surface area contributed by atoms with Crippen molar-refractivity contribution in [1.29, 1.82) is 0 Å². The summed E-state index contributed by atoms with van der Waals surface area (Å²) in [6.07, 6.45) is -3.95. The maximum absolute atomic E-state index is 14.4. The fourth-order valence-corrected chi connectivity index (χ4v) is 4.23. The highest BCUT2D eigenvalue weighted by molar-refractivity contribution is 6.07. The van der Waals surface area contributed by atoms with Crippen LogP contribution in [-0.2, 0) is 15.8 Å². The van der Waals surface area contributed by atoms with Gasteiger partial charge in [0.05, 0.1) is 11.3 Å². The lowest BCUT2D eigenvalue weighted by atomic mass is 9.76. The lowest BCUT2D eigenvalue weighted by molar-refractivity contribution is -0.138. The smallest absolute Gasteiger partial charge is 0.294 e. The number of carbonyl (C=O) groups excluding carboxylic acids is 2. The molecule has 1 aliphatic carbocycles. The molecule has 1 unspecified atom stereocenters. The molecule has 2 aromatic rings. The summed E-state index contributed by atoms with van der Waals surface area (Å²) in [5.41, 5.74) is -0.436. The van der Waals surface area contributed by atoms with Gasteiger partial charge >= 0.3 is 6.18 Å². The molecule has 1 aliphatic heterocycles. The Labute approximate surface area is 164 Å². The lowest BCUT2D eigenvalue weighted by Gasteiger charge is -2.39. The van der Waals surface area contributed by atoms with E-state index in [2.05, 4.69) is 0 Å². The van der Waals surface area contributed by atoms with Gasteiger partial charge in [-0.2, -0.15) is 13.2 Å². The van der Waals surface area contributed by atoms with Crippen molar-refractivity contribution < 1.29 is 27.2 Å². The first-order valence-corrected chi connectivity index (χ1v) is 9.29. The molecule has 7 heteroatoms. The minimum atomic E-state index is -4.61. The van der Waals surface area contributed by atoms with Crippen LogP contribution in [0.25, 0.3) is 0 Å². The number of Topliss-reactive ketones (excluding diaryl/α,β-unsaturated/α-hetero) is 1. The molecule has 1 amide bonds. The zero-order chi connectivity index (χ0) is 20.8. The normalized spacial score (nSPS) is 20.1. The molecule has 0 fully saturated rings. The van der Waals surface area contributed by atoms with E-state index in [4.69, 9.17) is 0 Å². The molecule has 0 saturated heterocycles. The van der Waals surface area contributed by atoms with Crippen LogP contribution in [0.4, 0.5) is 23.2 Å². The van der Waals surface area contributed by atoms with E-state index < -0.39 is 29.4 Å². The van der Waals surface area contributed by atoms with Gasteiger partial charge in [-0.15, -0.1) is 0 Å². The Morgan fingerprint density at radius 1 is 0.931 bits per heavy atom. The summed E-state index contributed by atoms with van der Waals surface area (Å²) in [4.78, 5) is 26.9. The van der Waals surface area contributed by atoms with Crippen LogP contribution in [0.2, 0.25) is 0 Å². The zero-order valence-electron chi connectivity index (χ0n) is 15.3. The largest absolute Gasteiger partial charge is 0.416 e. The second-order valence-electron chi connectivity index (χ2n) is 7.16. The molecular formula is C22H17F4NO2. The highest BCUT2D eigenvalue weighted by Crippen LogP contribution is 2.46. The van der Waals surface area contributed by atoms with Gasteiger partial charge in [0.1, 0.15) is 5.82 Å². The first-order valence-electron chi connectivity index (χ1n) is 9.29. The lowest BCUT2D eigenvalue weighted by Crippen LogP contribution is -2.41. The van der Waals surface area contributed by atoms with Crippen LogP contribution in [0.15, 0.2) is 59.8 Å². The molecule has 1 heterocycles. The van der Waals surface area contributed by atoms with E-state index in [0.717, 1.165) is 6.07 Å². The van der Waals surface area contributed by atoms with Crippen molar-refractivity contribution in [2.24, 2.45) is 0 Å². The summed E-state index contributed by atoms with van der Waals surface area (Å²) in [7, 11) is 0. The number of allylic oxidation sites excluding steroid dienone is 2. The molecule has 4 rings (SSSR count). The number of benzene rings is 2. The molecule has 0 radical (unpaired) electrons. The second kappa shape index (κ2) is 7.13. The quantitative estimate of drug-likeness (QED) is 0.632. The van der Waals surface area contributed by atoms with Crippen molar-refractivity contribution in [2.75, 3.05) is 4.90 Å². The number of alkyl halides is 3. The molecule has 29 heavy (non-hydrogen) atoms. The minimum Gasteiger partial charge on any atom is -0.294 e. The van der Waals surface area contributed by atoms with Gasteiger partial charge in [0.15, 0.2) is 5.78 Å². The minimum absolute atomic E-state index is 0.0160. The van der Waals surface area contributed by atoms with Crippen LogP contribution >= 0.6 is 0 Å². The van der Waals surface area contributed by atoms with Crippen LogP contribution in [-0.4, -0.2) is 11.7 Å². The molecule has 150 valence electrons.